The molecule has 0 saturated carbocycles. The fourth-order valence-electron chi connectivity index (χ4n) is 2.82. The number of hydrogen-bond acceptors (Lipinski definition) is 3. The predicted molar refractivity (Wildman–Crippen MR) is 75.4 cm³/mol. The molecule has 2 aliphatic rings. The summed E-state index contributed by atoms with van der Waals surface area (Å²) in [4.78, 5) is 25.4. The fourth-order valence-corrected chi connectivity index (χ4v) is 2.95. The molecule has 0 unspecified atom stereocenters. The molecular formula is C14H16ClN3O2. The third kappa shape index (κ3) is 2.51. The molecule has 2 heterocycles. The molecule has 20 heavy (non-hydrogen) atoms. The molecule has 0 bridgehead atoms. The summed E-state index contributed by atoms with van der Waals surface area (Å²) in [5.41, 5.74) is 0.512. The Bertz CT molecular complexity index is 536. The molecule has 106 valence electrons. The van der Waals surface area contributed by atoms with E-state index in [1.165, 1.54) is 5.56 Å². The lowest BCUT2D eigenvalue weighted by Gasteiger charge is -2.36. The summed E-state index contributed by atoms with van der Waals surface area (Å²) >= 11 is 5.87. The highest BCUT2D eigenvalue weighted by molar-refractivity contribution is 6.30. The minimum atomic E-state index is -0.687. The van der Waals surface area contributed by atoms with Gasteiger partial charge >= 0.3 is 6.03 Å². The highest BCUT2D eigenvalue weighted by Gasteiger charge is 2.47. The van der Waals surface area contributed by atoms with Crippen LogP contribution in [0.15, 0.2) is 24.3 Å². The first-order chi connectivity index (χ1) is 9.57. The lowest BCUT2D eigenvalue weighted by molar-refractivity contribution is -0.125. The van der Waals surface area contributed by atoms with Gasteiger partial charge in [-0.3, -0.25) is 15.0 Å². The molecule has 1 aromatic carbocycles. The van der Waals surface area contributed by atoms with Crippen molar-refractivity contribution in [3.8, 4) is 0 Å². The van der Waals surface area contributed by atoms with Gasteiger partial charge in [-0.25, -0.2) is 4.79 Å². The van der Waals surface area contributed by atoms with E-state index in [1.54, 1.807) is 0 Å². The van der Waals surface area contributed by atoms with Gasteiger partial charge in [0.2, 0.25) is 0 Å². The van der Waals surface area contributed by atoms with Crippen molar-refractivity contribution in [2.24, 2.45) is 0 Å². The molecule has 1 aromatic rings. The molecule has 3 amide bonds. The summed E-state index contributed by atoms with van der Waals surface area (Å²) in [7, 11) is 0. The SMILES string of the molecule is O=C1NC(=O)C2(CCN(Cc3ccc(Cl)cc3)CC2)N1. The maximum Gasteiger partial charge on any atom is 0.322 e. The smallest absolute Gasteiger partial charge is 0.322 e. The van der Waals surface area contributed by atoms with Crippen LogP contribution < -0.4 is 10.6 Å². The van der Waals surface area contributed by atoms with Crippen LogP contribution in [0.5, 0.6) is 0 Å². The van der Waals surface area contributed by atoms with Crippen molar-refractivity contribution < 1.29 is 9.59 Å². The summed E-state index contributed by atoms with van der Waals surface area (Å²) < 4.78 is 0. The van der Waals surface area contributed by atoms with Gasteiger partial charge < -0.3 is 5.32 Å². The second-order valence-corrected chi connectivity index (χ2v) is 5.83. The van der Waals surface area contributed by atoms with Crippen LogP contribution in [-0.2, 0) is 11.3 Å². The maximum atomic E-state index is 11.8. The van der Waals surface area contributed by atoms with E-state index in [0.29, 0.717) is 12.8 Å². The van der Waals surface area contributed by atoms with Gasteiger partial charge in [0.1, 0.15) is 5.54 Å². The molecule has 0 aromatic heterocycles. The zero-order valence-corrected chi connectivity index (χ0v) is 11.7. The molecule has 5 nitrogen and oxygen atoms in total. The van der Waals surface area contributed by atoms with Crippen LogP contribution in [0, 0.1) is 0 Å². The van der Waals surface area contributed by atoms with E-state index in [1.807, 2.05) is 24.3 Å². The van der Waals surface area contributed by atoms with Crippen LogP contribution in [0.1, 0.15) is 18.4 Å². The Morgan fingerprint density at radius 1 is 1.15 bits per heavy atom. The molecule has 2 saturated heterocycles. The third-order valence-corrected chi connectivity index (χ3v) is 4.30. The largest absolute Gasteiger partial charge is 0.323 e. The lowest BCUT2D eigenvalue weighted by Crippen LogP contribution is -2.54. The Morgan fingerprint density at radius 2 is 1.80 bits per heavy atom. The first-order valence-electron chi connectivity index (χ1n) is 6.68. The van der Waals surface area contributed by atoms with Crippen molar-refractivity contribution in [2.45, 2.75) is 24.9 Å². The van der Waals surface area contributed by atoms with Crippen molar-refractivity contribution in [3.63, 3.8) is 0 Å². The number of imide groups is 1. The molecule has 6 heteroatoms. The number of urea groups is 1. The molecule has 0 radical (unpaired) electrons. The van der Waals surface area contributed by atoms with Gasteiger partial charge in [0, 0.05) is 24.7 Å². The molecule has 0 aliphatic carbocycles. The minimum Gasteiger partial charge on any atom is -0.323 e. The Balaban J connectivity index is 1.60. The number of carbonyl (C=O) groups excluding carboxylic acids is 2. The van der Waals surface area contributed by atoms with Gasteiger partial charge in [0.25, 0.3) is 5.91 Å². The highest BCUT2D eigenvalue weighted by Crippen LogP contribution is 2.26. The number of likely N-dealkylation sites (tertiary alicyclic amines) is 1. The van der Waals surface area contributed by atoms with Gasteiger partial charge in [-0.05, 0) is 30.5 Å². The predicted octanol–water partition coefficient (Wildman–Crippen LogP) is 1.51. The normalized spacial score (nSPS) is 21.9. The standard InChI is InChI=1S/C14H16ClN3O2/c15-11-3-1-10(2-4-11)9-18-7-5-14(6-8-18)12(19)16-13(20)17-14/h1-4H,5-9H2,(H2,16,17,19,20). The van der Waals surface area contributed by atoms with Gasteiger partial charge in [0.05, 0.1) is 0 Å². The number of nitrogens with zero attached hydrogens (tertiary/aromatic N) is 1. The molecule has 1 spiro atoms. The van der Waals surface area contributed by atoms with Crippen LogP contribution in [-0.4, -0.2) is 35.5 Å². The minimum absolute atomic E-state index is 0.186. The number of hydrogen-bond donors (Lipinski definition) is 2. The van der Waals surface area contributed by atoms with Crippen LogP contribution in [0.2, 0.25) is 5.02 Å². The average molecular weight is 294 g/mol. The summed E-state index contributed by atoms with van der Waals surface area (Å²) in [6, 6.07) is 7.41. The first kappa shape index (κ1) is 13.4. The molecule has 2 fully saturated rings. The Hall–Kier alpha value is -1.59. The summed E-state index contributed by atoms with van der Waals surface area (Å²) in [5, 5.41) is 5.83. The van der Waals surface area contributed by atoms with Crippen molar-refractivity contribution in [2.75, 3.05) is 13.1 Å². The fraction of sp³-hybridized carbons (Fsp3) is 0.429. The van der Waals surface area contributed by atoms with Gasteiger partial charge in [-0.2, -0.15) is 0 Å². The number of nitrogens with one attached hydrogen (secondary N) is 2. The van der Waals surface area contributed by atoms with Crippen molar-refractivity contribution >= 4 is 23.5 Å². The average Bonchev–Trinajstić information content (AvgIpc) is 2.70. The van der Waals surface area contributed by atoms with Crippen LogP contribution in [0.3, 0.4) is 0 Å². The van der Waals surface area contributed by atoms with Crippen LogP contribution in [0.25, 0.3) is 0 Å². The number of piperidine rings is 1. The Kier molecular flexibility index (Phi) is 3.40. The zero-order valence-electron chi connectivity index (χ0n) is 11.0. The maximum absolute atomic E-state index is 11.8. The van der Waals surface area contributed by atoms with E-state index in [2.05, 4.69) is 15.5 Å². The van der Waals surface area contributed by atoms with E-state index in [9.17, 15) is 9.59 Å². The molecular weight excluding hydrogens is 278 g/mol. The second-order valence-electron chi connectivity index (χ2n) is 5.39. The summed E-state index contributed by atoms with van der Waals surface area (Å²) in [6.07, 6.45) is 1.30. The Morgan fingerprint density at radius 3 is 2.35 bits per heavy atom. The molecule has 2 aliphatic heterocycles. The number of halogens is 1. The van der Waals surface area contributed by atoms with Crippen LogP contribution >= 0.6 is 11.6 Å². The van der Waals surface area contributed by atoms with Gasteiger partial charge in [0.15, 0.2) is 0 Å². The van der Waals surface area contributed by atoms with E-state index >= 15 is 0 Å². The summed E-state index contributed by atoms with van der Waals surface area (Å²) in [5.74, 6) is -0.186. The monoisotopic (exact) mass is 293 g/mol. The summed E-state index contributed by atoms with van der Waals surface area (Å²) in [6.45, 7) is 2.41. The van der Waals surface area contributed by atoms with Gasteiger partial charge in [-0.15, -0.1) is 0 Å². The van der Waals surface area contributed by atoms with Crippen molar-refractivity contribution in [3.05, 3.63) is 34.9 Å². The van der Waals surface area contributed by atoms with E-state index in [4.69, 9.17) is 11.6 Å². The molecule has 0 atom stereocenters. The lowest BCUT2D eigenvalue weighted by atomic mass is 9.87. The molecule has 3 rings (SSSR count). The topological polar surface area (TPSA) is 61.4 Å². The van der Waals surface area contributed by atoms with Crippen molar-refractivity contribution in [1.29, 1.82) is 0 Å². The third-order valence-electron chi connectivity index (χ3n) is 4.04. The quantitative estimate of drug-likeness (QED) is 0.813. The number of carbonyl (C=O) groups is 2. The van der Waals surface area contributed by atoms with E-state index in [0.717, 1.165) is 24.7 Å². The first-order valence-corrected chi connectivity index (χ1v) is 7.06. The van der Waals surface area contributed by atoms with Gasteiger partial charge in [-0.1, -0.05) is 23.7 Å². The van der Waals surface area contributed by atoms with E-state index in [-0.39, 0.29) is 11.9 Å². The highest BCUT2D eigenvalue weighted by atomic mass is 35.5. The number of amides is 3. The zero-order chi connectivity index (χ0) is 14.2. The van der Waals surface area contributed by atoms with Crippen LogP contribution in [0.4, 0.5) is 4.79 Å². The van der Waals surface area contributed by atoms with E-state index < -0.39 is 5.54 Å². The number of benzene rings is 1. The Labute approximate surface area is 122 Å². The van der Waals surface area contributed by atoms with Crippen molar-refractivity contribution in [1.82, 2.24) is 15.5 Å². The number of rotatable bonds is 2. The molecule has 2 N–H and O–H groups in total. The second kappa shape index (κ2) is 5.07.